The van der Waals surface area contributed by atoms with Crippen LogP contribution in [-0.4, -0.2) is 33.7 Å². The van der Waals surface area contributed by atoms with E-state index in [-0.39, 0.29) is 5.91 Å². The molecule has 6 nitrogen and oxygen atoms in total. The number of carbonyl (C=O) groups excluding carboxylic acids is 1. The van der Waals surface area contributed by atoms with Crippen molar-refractivity contribution in [2.24, 2.45) is 7.05 Å². The number of aryl methyl sites for hydroxylation is 1. The van der Waals surface area contributed by atoms with Crippen LogP contribution in [0.1, 0.15) is 53.3 Å². The van der Waals surface area contributed by atoms with Gasteiger partial charge in [-0.3, -0.25) is 9.48 Å². The molecule has 0 saturated carbocycles. The topological polar surface area (TPSA) is 54.5 Å². The molecule has 1 aliphatic rings. The molecule has 2 aromatic heterocycles. The fourth-order valence-corrected chi connectivity index (χ4v) is 4.38. The Morgan fingerprint density at radius 2 is 1.87 bits per heavy atom. The average molecular weight is 407 g/mol. The van der Waals surface area contributed by atoms with Crippen LogP contribution in [0, 0.1) is 0 Å². The zero-order valence-electron chi connectivity index (χ0n) is 18.1. The first-order chi connectivity index (χ1) is 14.6. The summed E-state index contributed by atoms with van der Waals surface area (Å²) in [6.45, 7) is 7.08. The highest BCUT2D eigenvalue weighted by atomic mass is 16.3. The summed E-state index contributed by atoms with van der Waals surface area (Å²) >= 11 is 0. The third-order valence-electron chi connectivity index (χ3n) is 6.00. The second kappa shape index (κ2) is 8.78. The SMILES string of the molecule is CCN(CC)c1ccc(C(=O)N(Cc2ccco2)Cc2nn(C)c3c2CCC3)cc1. The van der Waals surface area contributed by atoms with Gasteiger partial charge in [0.2, 0.25) is 0 Å². The number of aromatic nitrogens is 2. The monoisotopic (exact) mass is 406 g/mol. The number of carbonyl (C=O) groups is 1. The van der Waals surface area contributed by atoms with Gasteiger partial charge in [-0.2, -0.15) is 5.10 Å². The number of amides is 1. The number of hydrogen-bond donors (Lipinski definition) is 0. The summed E-state index contributed by atoms with van der Waals surface area (Å²) in [5, 5.41) is 4.72. The minimum atomic E-state index is -0.00473. The average Bonchev–Trinajstić information content (AvgIpc) is 3.50. The van der Waals surface area contributed by atoms with E-state index in [1.165, 1.54) is 11.3 Å². The van der Waals surface area contributed by atoms with Crippen LogP contribution in [0.4, 0.5) is 5.69 Å². The first kappa shape index (κ1) is 20.3. The Kier molecular flexibility index (Phi) is 5.93. The van der Waals surface area contributed by atoms with Crippen molar-refractivity contribution >= 4 is 11.6 Å². The number of hydrogen-bond acceptors (Lipinski definition) is 4. The minimum Gasteiger partial charge on any atom is -0.467 e. The van der Waals surface area contributed by atoms with E-state index in [0.29, 0.717) is 18.7 Å². The van der Waals surface area contributed by atoms with Gasteiger partial charge in [0.25, 0.3) is 5.91 Å². The number of fused-ring (bicyclic) bond motifs is 1. The van der Waals surface area contributed by atoms with Gasteiger partial charge < -0.3 is 14.2 Å². The van der Waals surface area contributed by atoms with Gasteiger partial charge in [0.05, 0.1) is 25.0 Å². The predicted octanol–water partition coefficient (Wildman–Crippen LogP) is 4.19. The summed E-state index contributed by atoms with van der Waals surface area (Å²) in [5.74, 6) is 0.769. The molecule has 2 heterocycles. The fraction of sp³-hybridized carbons (Fsp3) is 0.417. The van der Waals surface area contributed by atoms with Crippen LogP contribution in [0.3, 0.4) is 0 Å². The quantitative estimate of drug-likeness (QED) is 0.563. The molecular formula is C24H30N4O2. The van der Waals surface area contributed by atoms with E-state index in [9.17, 15) is 4.79 Å². The zero-order chi connectivity index (χ0) is 21.1. The minimum absolute atomic E-state index is 0.00473. The van der Waals surface area contributed by atoms with Gasteiger partial charge in [-0.15, -0.1) is 0 Å². The maximum atomic E-state index is 13.4. The van der Waals surface area contributed by atoms with Crippen LogP contribution in [0.15, 0.2) is 47.1 Å². The Labute approximate surface area is 178 Å². The number of benzene rings is 1. The molecule has 0 radical (unpaired) electrons. The molecule has 0 saturated heterocycles. The molecule has 3 aromatic rings. The van der Waals surface area contributed by atoms with Crippen molar-refractivity contribution in [3.05, 3.63) is 70.9 Å². The first-order valence-electron chi connectivity index (χ1n) is 10.8. The number of furan rings is 1. The van der Waals surface area contributed by atoms with Crippen molar-refractivity contribution in [1.82, 2.24) is 14.7 Å². The smallest absolute Gasteiger partial charge is 0.254 e. The Balaban J connectivity index is 1.59. The summed E-state index contributed by atoms with van der Waals surface area (Å²) < 4.78 is 7.52. The molecule has 1 aromatic carbocycles. The van der Waals surface area contributed by atoms with Gasteiger partial charge in [-0.1, -0.05) is 0 Å². The normalized spacial score (nSPS) is 12.8. The maximum absolute atomic E-state index is 13.4. The van der Waals surface area contributed by atoms with Crippen LogP contribution in [-0.2, 0) is 33.0 Å². The van der Waals surface area contributed by atoms with E-state index in [2.05, 4.69) is 18.7 Å². The molecule has 6 heteroatoms. The lowest BCUT2D eigenvalue weighted by Crippen LogP contribution is -2.30. The third-order valence-corrected chi connectivity index (χ3v) is 6.00. The molecule has 0 atom stereocenters. The Morgan fingerprint density at radius 3 is 2.53 bits per heavy atom. The summed E-state index contributed by atoms with van der Waals surface area (Å²) in [6.07, 6.45) is 4.92. The lowest BCUT2D eigenvalue weighted by atomic mass is 10.1. The lowest BCUT2D eigenvalue weighted by molar-refractivity contribution is 0.0714. The highest BCUT2D eigenvalue weighted by molar-refractivity contribution is 5.94. The highest BCUT2D eigenvalue weighted by Gasteiger charge is 2.25. The molecule has 0 unspecified atom stereocenters. The van der Waals surface area contributed by atoms with E-state index < -0.39 is 0 Å². The molecule has 1 aliphatic carbocycles. The van der Waals surface area contributed by atoms with Crippen molar-refractivity contribution in [3.63, 3.8) is 0 Å². The van der Waals surface area contributed by atoms with Gasteiger partial charge in [0.15, 0.2) is 0 Å². The van der Waals surface area contributed by atoms with Crippen molar-refractivity contribution in [2.45, 2.75) is 46.2 Å². The van der Waals surface area contributed by atoms with Crippen molar-refractivity contribution in [2.75, 3.05) is 18.0 Å². The molecule has 158 valence electrons. The summed E-state index contributed by atoms with van der Waals surface area (Å²) in [6, 6.07) is 11.7. The van der Waals surface area contributed by atoms with Crippen LogP contribution < -0.4 is 4.90 Å². The van der Waals surface area contributed by atoms with Gasteiger partial charge in [-0.25, -0.2) is 0 Å². The molecule has 4 rings (SSSR count). The molecule has 0 fully saturated rings. The summed E-state index contributed by atoms with van der Waals surface area (Å²) in [4.78, 5) is 17.5. The van der Waals surface area contributed by atoms with Gasteiger partial charge in [0.1, 0.15) is 5.76 Å². The van der Waals surface area contributed by atoms with E-state index in [1.807, 2.05) is 53.0 Å². The van der Waals surface area contributed by atoms with E-state index >= 15 is 0 Å². The first-order valence-corrected chi connectivity index (χ1v) is 10.8. The van der Waals surface area contributed by atoms with Gasteiger partial charge >= 0.3 is 0 Å². The van der Waals surface area contributed by atoms with Crippen molar-refractivity contribution < 1.29 is 9.21 Å². The van der Waals surface area contributed by atoms with E-state index in [4.69, 9.17) is 9.52 Å². The van der Waals surface area contributed by atoms with Crippen LogP contribution >= 0.6 is 0 Å². The number of rotatable bonds is 8. The molecular weight excluding hydrogens is 376 g/mol. The standard InChI is InChI=1S/C24H30N4O2/c1-4-27(5-2)19-13-11-18(12-14-19)24(29)28(16-20-8-7-15-30-20)17-22-21-9-6-10-23(21)26(3)25-22/h7-8,11-15H,4-6,9-10,16-17H2,1-3H3. The van der Waals surface area contributed by atoms with E-state index in [1.54, 1.807) is 6.26 Å². The Bertz CT molecular complexity index is 985. The molecule has 0 N–H and O–H groups in total. The van der Waals surface area contributed by atoms with Crippen molar-refractivity contribution in [3.8, 4) is 0 Å². The molecule has 0 spiro atoms. The fourth-order valence-electron chi connectivity index (χ4n) is 4.38. The van der Waals surface area contributed by atoms with Gasteiger partial charge in [0, 0.05) is 37.1 Å². The van der Waals surface area contributed by atoms with Crippen LogP contribution in [0.25, 0.3) is 0 Å². The second-order valence-electron chi connectivity index (χ2n) is 7.81. The predicted molar refractivity (Wildman–Crippen MR) is 118 cm³/mol. The number of anilines is 1. The summed E-state index contributed by atoms with van der Waals surface area (Å²) in [7, 11) is 2.00. The zero-order valence-corrected chi connectivity index (χ0v) is 18.1. The van der Waals surface area contributed by atoms with Crippen molar-refractivity contribution in [1.29, 1.82) is 0 Å². The van der Waals surface area contributed by atoms with Crippen LogP contribution in [0.2, 0.25) is 0 Å². The van der Waals surface area contributed by atoms with E-state index in [0.717, 1.165) is 49.5 Å². The highest BCUT2D eigenvalue weighted by Crippen LogP contribution is 2.26. The second-order valence-corrected chi connectivity index (χ2v) is 7.81. The molecule has 30 heavy (non-hydrogen) atoms. The molecule has 1 amide bonds. The van der Waals surface area contributed by atoms with Gasteiger partial charge in [-0.05, 0) is 75.1 Å². The largest absolute Gasteiger partial charge is 0.467 e. The molecule has 0 aliphatic heterocycles. The third kappa shape index (κ3) is 3.99. The Morgan fingerprint density at radius 1 is 1.10 bits per heavy atom. The van der Waals surface area contributed by atoms with Crippen LogP contribution in [0.5, 0.6) is 0 Å². The Hall–Kier alpha value is -3.02. The number of nitrogens with zero attached hydrogens (tertiary/aromatic N) is 4. The molecule has 0 bridgehead atoms. The maximum Gasteiger partial charge on any atom is 0.254 e. The lowest BCUT2D eigenvalue weighted by Gasteiger charge is -2.23. The summed E-state index contributed by atoms with van der Waals surface area (Å²) in [5.41, 5.74) is 5.44.